The van der Waals surface area contributed by atoms with Gasteiger partial charge in [0.2, 0.25) is 5.89 Å². The monoisotopic (exact) mass is 606 g/mol. The third-order valence-corrected chi connectivity index (χ3v) is 9.34. The summed E-state index contributed by atoms with van der Waals surface area (Å²) in [6.45, 7) is 2.68. The van der Waals surface area contributed by atoms with Gasteiger partial charge >= 0.3 is 12.5 Å². The summed E-state index contributed by atoms with van der Waals surface area (Å²) in [5, 5.41) is 6.83. The van der Waals surface area contributed by atoms with E-state index in [1.54, 1.807) is 0 Å². The van der Waals surface area contributed by atoms with Gasteiger partial charge in [-0.15, -0.1) is 10.2 Å². The number of benzene rings is 2. The van der Waals surface area contributed by atoms with E-state index >= 15 is 4.39 Å². The molecule has 0 aliphatic carbocycles. The Morgan fingerprint density at radius 1 is 1.07 bits per heavy atom. The Hall–Kier alpha value is -3.49. The zero-order chi connectivity index (χ0) is 30.0. The van der Waals surface area contributed by atoms with Crippen LogP contribution in [0, 0.1) is 5.82 Å². The summed E-state index contributed by atoms with van der Waals surface area (Å²) in [7, 11) is 0.947. The fourth-order valence-electron chi connectivity index (χ4n) is 5.18. The number of likely N-dealkylation sites (tertiary alicyclic amines) is 1. The maximum Gasteiger partial charge on any atom is 0.324 e. The van der Waals surface area contributed by atoms with E-state index in [1.807, 2.05) is 24.3 Å². The molecule has 226 valence electrons. The highest BCUT2D eigenvalue weighted by molar-refractivity contribution is 7.91. The van der Waals surface area contributed by atoms with Crippen LogP contribution in [-0.2, 0) is 22.9 Å². The lowest BCUT2D eigenvalue weighted by Gasteiger charge is -2.33. The molecule has 5 rings (SSSR count). The molecule has 42 heavy (non-hydrogen) atoms. The SMILES string of the molecule is CN(C)[C@@H]1CCN(Cc2ccc(N(Cc3ccc(-c4nnc(C(F)F)o4)cc3F)C(=O)N3CCS(=O)(=O)CC3)cc2)C1. The van der Waals surface area contributed by atoms with Crippen LogP contribution in [0.3, 0.4) is 0 Å². The number of amides is 2. The molecule has 0 spiro atoms. The van der Waals surface area contributed by atoms with Gasteiger partial charge in [-0.05, 0) is 50.3 Å². The molecule has 0 radical (unpaired) electrons. The summed E-state index contributed by atoms with van der Waals surface area (Å²) in [4.78, 5) is 21.1. The molecule has 2 saturated heterocycles. The number of rotatable bonds is 8. The van der Waals surface area contributed by atoms with Crippen molar-refractivity contribution in [3.05, 3.63) is 65.3 Å². The maximum atomic E-state index is 15.3. The molecule has 14 heteroatoms. The second kappa shape index (κ2) is 12.4. The minimum Gasteiger partial charge on any atom is -0.415 e. The highest BCUT2D eigenvalue weighted by atomic mass is 32.2. The summed E-state index contributed by atoms with van der Waals surface area (Å²) < 4.78 is 69.8. The normalized spacial score (nSPS) is 19.1. The van der Waals surface area contributed by atoms with Gasteiger partial charge in [0, 0.05) is 55.6 Å². The molecule has 0 bridgehead atoms. The number of nitrogens with zero attached hydrogens (tertiary/aromatic N) is 6. The van der Waals surface area contributed by atoms with Gasteiger partial charge in [0.15, 0.2) is 9.84 Å². The number of hydrogen-bond acceptors (Lipinski definition) is 8. The van der Waals surface area contributed by atoms with Crippen LogP contribution in [-0.4, -0.2) is 97.2 Å². The van der Waals surface area contributed by atoms with Gasteiger partial charge in [0.1, 0.15) is 5.82 Å². The molecule has 3 aromatic rings. The molecule has 0 saturated carbocycles. The van der Waals surface area contributed by atoms with Gasteiger partial charge in [-0.25, -0.2) is 17.6 Å². The Morgan fingerprint density at radius 3 is 2.38 bits per heavy atom. The number of urea groups is 1. The highest BCUT2D eigenvalue weighted by Gasteiger charge is 2.30. The van der Waals surface area contributed by atoms with E-state index in [0.717, 1.165) is 37.7 Å². The third-order valence-electron chi connectivity index (χ3n) is 7.73. The van der Waals surface area contributed by atoms with Gasteiger partial charge in [-0.3, -0.25) is 9.80 Å². The van der Waals surface area contributed by atoms with Crippen LogP contribution in [0.5, 0.6) is 0 Å². The molecule has 0 unspecified atom stereocenters. The average molecular weight is 607 g/mol. The van der Waals surface area contributed by atoms with E-state index in [1.165, 1.54) is 21.9 Å². The molecular formula is C28H33F3N6O4S. The number of hydrogen-bond donors (Lipinski definition) is 0. The van der Waals surface area contributed by atoms with E-state index in [-0.39, 0.29) is 48.2 Å². The summed E-state index contributed by atoms with van der Waals surface area (Å²) in [5.41, 5.74) is 1.90. The largest absolute Gasteiger partial charge is 0.415 e. The number of anilines is 1. The molecule has 2 aromatic carbocycles. The quantitative estimate of drug-likeness (QED) is 0.382. The zero-order valence-corrected chi connectivity index (χ0v) is 24.2. The molecule has 10 nitrogen and oxygen atoms in total. The summed E-state index contributed by atoms with van der Waals surface area (Å²) in [6, 6.07) is 11.6. The van der Waals surface area contributed by atoms with Gasteiger partial charge in [-0.2, -0.15) is 8.78 Å². The average Bonchev–Trinajstić information content (AvgIpc) is 3.63. The van der Waals surface area contributed by atoms with Crippen molar-refractivity contribution >= 4 is 21.6 Å². The molecule has 2 aliphatic rings. The molecule has 1 aromatic heterocycles. The number of carbonyl (C=O) groups is 1. The van der Waals surface area contributed by atoms with Crippen LogP contribution >= 0.6 is 0 Å². The van der Waals surface area contributed by atoms with E-state index in [9.17, 15) is 22.0 Å². The van der Waals surface area contributed by atoms with Crippen LogP contribution in [0.1, 0.15) is 29.9 Å². The van der Waals surface area contributed by atoms with E-state index < -0.39 is 34.0 Å². The van der Waals surface area contributed by atoms with Crippen LogP contribution in [0.25, 0.3) is 11.5 Å². The number of halogens is 3. The summed E-state index contributed by atoms with van der Waals surface area (Å²) >= 11 is 0. The first-order valence-electron chi connectivity index (χ1n) is 13.6. The fraction of sp³-hybridized carbons (Fsp3) is 0.464. The Morgan fingerprint density at radius 2 is 1.79 bits per heavy atom. The van der Waals surface area contributed by atoms with Crippen molar-refractivity contribution in [2.24, 2.45) is 0 Å². The highest BCUT2D eigenvalue weighted by Crippen LogP contribution is 2.27. The number of sulfone groups is 1. The van der Waals surface area contributed by atoms with Gasteiger partial charge in [-0.1, -0.05) is 18.2 Å². The Labute approximate surface area is 242 Å². The lowest BCUT2D eigenvalue weighted by Crippen LogP contribution is -2.49. The van der Waals surface area contributed by atoms with Gasteiger partial charge < -0.3 is 14.2 Å². The van der Waals surface area contributed by atoms with E-state index in [2.05, 4.69) is 34.1 Å². The van der Waals surface area contributed by atoms with Gasteiger partial charge in [0.25, 0.3) is 5.89 Å². The predicted octanol–water partition coefficient (Wildman–Crippen LogP) is 3.81. The molecule has 2 aliphatic heterocycles. The van der Waals surface area contributed by atoms with E-state index in [0.29, 0.717) is 11.7 Å². The van der Waals surface area contributed by atoms with E-state index in [4.69, 9.17) is 4.42 Å². The second-order valence-electron chi connectivity index (χ2n) is 10.9. The zero-order valence-electron chi connectivity index (χ0n) is 23.4. The summed E-state index contributed by atoms with van der Waals surface area (Å²) in [6.07, 6.45) is -1.85. The van der Waals surface area contributed by atoms with Crippen molar-refractivity contribution in [1.29, 1.82) is 0 Å². The van der Waals surface area contributed by atoms with Crippen molar-refractivity contribution in [1.82, 2.24) is 24.9 Å². The first-order valence-corrected chi connectivity index (χ1v) is 15.5. The van der Waals surface area contributed by atoms with Gasteiger partial charge in [0.05, 0.1) is 18.1 Å². The van der Waals surface area contributed by atoms with Crippen molar-refractivity contribution < 1.29 is 30.8 Å². The molecule has 1 atom stereocenters. The maximum absolute atomic E-state index is 15.3. The van der Waals surface area contributed by atoms with Crippen LogP contribution < -0.4 is 4.90 Å². The Balaban J connectivity index is 1.36. The minimum atomic E-state index is -3.21. The second-order valence-corrected chi connectivity index (χ2v) is 13.2. The first kappa shape index (κ1) is 30.0. The molecule has 0 N–H and O–H groups in total. The Bertz CT molecular complexity index is 1500. The van der Waals surface area contributed by atoms with Crippen molar-refractivity contribution in [3.63, 3.8) is 0 Å². The standard InChI is InChI=1S/C28H33F3N6O4S/c1-34(2)23-9-10-35(18-23)16-19-3-7-22(8-4-19)37(28(38)36-11-13-42(39,40)14-12-36)17-21-6-5-20(15-24(21)29)26-32-33-27(41-26)25(30)31/h3-8,15,23,25H,9-14,16-18H2,1-2H3/t23-/m1/s1. The lowest BCUT2D eigenvalue weighted by atomic mass is 10.1. The van der Waals surface area contributed by atoms with Crippen LogP contribution in [0.2, 0.25) is 0 Å². The van der Waals surface area contributed by atoms with Crippen molar-refractivity contribution in [2.75, 3.05) is 56.7 Å². The molecule has 3 heterocycles. The Kier molecular flexibility index (Phi) is 8.85. The summed E-state index contributed by atoms with van der Waals surface area (Å²) in [5.74, 6) is -2.07. The topological polar surface area (TPSA) is 103 Å². The van der Waals surface area contributed by atoms with Crippen LogP contribution in [0.4, 0.5) is 23.7 Å². The fourth-order valence-corrected chi connectivity index (χ4v) is 6.38. The number of alkyl halides is 2. The molecule has 2 fully saturated rings. The van der Waals surface area contributed by atoms with Crippen molar-refractivity contribution in [2.45, 2.75) is 32.0 Å². The number of likely N-dealkylation sites (N-methyl/N-ethyl adjacent to an activating group) is 1. The first-order chi connectivity index (χ1) is 20.0. The third kappa shape index (κ3) is 6.93. The lowest BCUT2D eigenvalue weighted by molar-refractivity contribution is 0.116. The van der Waals surface area contributed by atoms with Crippen LogP contribution in [0.15, 0.2) is 46.9 Å². The predicted molar refractivity (Wildman–Crippen MR) is 150 cm³/mol. The smallest absolute Gasteiger partial charge is 0.324 e. The number of carbonyl (C=O) groups excluding carboxylic acids is 1. The van der Waals surface area contributed by atoms with Crippen molar-refractivity contribution in [3.8, 4) is 11.5 Å². The molecule has 2 amide bonds. The number of aromatic nitrogens is 2. The molecular weight excluding hydrogens is 573 g/mol. The minimum absolute atomic E-state index is 0.0444.